The fraction of sp³-hybridized carbons (Fsp3) is 0.286. The molecule has 0 bridgehead atoms. The van der Waals surface area contributed by atoms with Crippen LogP contribution in [0.5, 0.6) is 0 Å². The van der Waals surface area contributed by atoms with Crippen molar-refractivity contribution in [1.29, 1.82) is 0 Å². The Balaban J connectivity index is 2.43. The second-order valence-electron chi connectivity index (χ2n) is 2.73. The van der Waals surface area contributed by atoms with Crippen LogP contribution < -0.4 is 0 Å². The largest absolute Gasteiger partial charge is 0.230 e. The van der Waals surface area contributed by atoms with Gasteiger partial charge < -0.3 is 0 Å². The summed E-state index contributed by atoms with van der Waals surface area (Å²) in [6.45, 7) is 0. The minimum atomic E-state index is 0.602. The molecule has 0 saturated heterocycles. The van der Waals surface area contributed by atoms with Crippen molar-refractivity contribution in [3.05, 3.63) is 22.8 Å². The Morgan fingerprint density at radius 3 is 3.27 bits per heavy atom. The van der Waals surface area contributed by atoms with E-state index in [9.17, 15) is 0 Å². The van der Waals surface area contributed by atoms with Gasteiger partial charge >= 0.3 is 0 Å². The zero-order valence-electron chi connectivity index (χ0n) is 6.17. The maximum absolute atomic E-state index is 5.75. The molecule has 1 unspecified atom stereocenters. The monoisotopic (exact) mass is 183 g/mol. The molecule has 0 N–H and O–H groups in total. The zero-order valence-corrected chi connectivity index (χ0v) is 7.75. The number of rotatable bonds is 0. The SMILES string of the molecule is BC1Cc2ccc(Cl)nc2S1. The molecule has 1 atom stereocenters. The molecule has 0 aromatic carbocycles. The van der Waals surface area contributed by atoms with Gasteiger partial charge in [0, 0.05) is 0 Å². The van der Waals surface area contributed by atoms with E-state index in [0.29, 0.717) is 10.3 Å². The molecule has 0 radical (unpaired) electrons. The number of hydrogen-bond acceptors (Lipinski definition) is 2. The van der Waals surface area contributed by atoms with Crippen molar-refractivity contribution in [3.63, 3.8) is 0 Å². The van der Waals surface area contributed by atoms with Crippen LogP contribution in [0.4, 0.5) is 0 Å². The van der Waals surface area contributed by atoms with Crippen molar-refractivity contribution in [3.8, 4) is 0 Å². The van der Waals surface area contributed by atoms with Crippen LogP contribution in [-0.4, -0.2) is 18.0 Å². The van der Waals surface area contributed by atoms with Crippen LogP contribution >= 0.6 is 23.4 Å². The molecule has 2 heterocycles. The van der Waals surface area contributed by atoms with Crippen LogP contribution in [-0.2, 0) is 6.42 Å². The first-order valence-electron chi connectivity index (χ1n) is 3.58. The number of hydrogen-bond donors (Lipinski definition) is 0. The van der Waals surface area contributed by atoms with Gasteiger partial charge in [-0.1, -0.05) is 17.7 Å². The Morgan fingerprint density at radius 1 is 1.64 bits per heavy atom. The topological polar surface area (TPSA) is 12.9 Å². The van der Waals surface area contributed by atoms with E-state index in [2.05, 4.69) is 18.9 Å². The predicted molar refractivity (Wildman–Crippen MR) is 51.1 cm³/mol. The first-order valence-corrected chi connectivity index (χ1v) is 4.83. The smallest absolute Gasteiger partial charge is 0.130 e. The third-order valence-electron chi connectivity index (χ3n) is 1.73. The molecule has 2 rings (SSSR count). The Bertz CT molecular complexity index is 292. The summed E-state index contributed by atoms with van der Waals surface area (Å²) in [6.07, 6.45) is 1.13. The Hall–Kier alpha value is -0.145. The van der Waals surface area contributed by atoms with Crippen molar-refractivity contribution < 1.29 is 0 Å². The molecule has 1 aliphatic rings. The minimum Gasteiger partial charge on any atom is -0.230 e. The van der Waals surface area contributed by atoms with E-state index in [0.717, 1.165) is 11.4 Å². The lowest BCUT2D eigenvalue weighted by Crippen LogP contribution is -1.97. The summed E-state index contributed by atoms with van der Waals surface area (Å²) in [7, 11) is 2.21. The number of halogens is 1. The summed E-state index contributed by atoms with van der Waals surface area (Å²) in [5.41, 5.74) is 1.34. The summed E-state index contributed by atoms with van der Waals surface area (Å²) >= 11 is 7.56. The Morgan fingerprint density at radius 2 is 2.45 bits per heavy atom. The second kappa shape index (κ2) is 2.72. The maximum Gasteiger partial charge on any atom is 0.130 e. The van der Waals surface area contributed by atoms with Crippen LogP contribution in [0.1, 0.15) is 5.56 Å². The van der Waals surface area contributed by atoms with Crippen molar-refractivity contribution in [2.45, 2.75) is 16.6 Å². The van der Waals surface area contributed by atoms with E-state index < -0.39 is 0 Å². The van der Waals surface area contributed by atoms with E-state index >= 15 is 0 Å². The molecule has 1 aliphatic heterocycles. The lowest BCUT2D eigenvalue weighted by Gasteiger charge is -1.95. The fourth-order valence-corrected chi connectivity index (χ4v) is 2.54. The summed E-state index contributed by atoms with van der Waals surface area (Å²) in [6, 6.07) is 3.93. The third-order valence-corrected chi connectivity index (χ3v) is 3.08. The van der Waals surface area contributed by atoms with Crippen molar-refractivity contribution in [2.24, 2.45) is 0 Å². The summed E-state index contributed by atoms with van der Waals surface area (Å²) in [4.78, 5) is 4.23. The van der Waals surface area contributed by atoms with E-state index in [4.69, 9.17) is 11.6 Å². The minimum absolute atomic E-state index is 0.602. The highest BCUT2D eigenvalue weighted by Gasteiger charge is 2.19. The first-order chi connectivity index (χ1) is 5.25. The van der Waals surface area contributed by atoms with Gasteiger partial charge in [0.2, 0.25) is 0 Å². The fourth-order valence-electron chi connectivity index (χ4n) is 1.25. The number of thioether (sulfide) groups is 1. The van der Waals surface area contributed by atoms with Crippen molar-refractivity contribution >= 4 is 31.2 Å². The van der Waals surface area contributed by atoms with Gasteiger partial charge in [0.05, 0.1) is 0 Å². The summed E-state index contributed by atoms with van der Waals surface area (Å²) in [5.74, 6) is 0. The molecule has 11 heavy (non-hydrogen) atoms. The summed E-state index contributed by atoms with van der Waals surface area (Å²) in [5, 5.41) is 2.38. The molecule has 56 valence electrons. The molecule has 0 amide bonds. The average molecular weight is 183 g/mol. The summed E-state index contributed by atoms with van der Waals surface area (Å²) < 4.78 is 0. The normalized spacial score (nSPS) is 21.7. The quantitative estimate of drug-likeness (QED) is 0.445. The van der Waals surface area contributed by atoms with Crippen molar-refractivity contribution in [1.82, 2.24) is 4.98 Å². The highest BCUT2D eigenvalue weighted by atomic mass is 35.5. The van der Waals surface area contributed by atoms with Gasteiger partial charge in [-0.3, -0.25) is 0 Å². The van der Waals surface area contributed by atoms with Crippen LogP contribution in [0.25, 0.3) is 0 Å². The molecule has 0 aliphatic carbocycles. The van der Waals surface area contributed by atoms with E-state index in [-0.39, 0.29) is 0 Å². The maximum atomic E-state index is 5.75. The van der Waals surface area contributed by atoms with Crippen LogP contribution in [0.2, 0.25) is 5.15 Å². The van der Waals surface area contributed by atoms with Gasteiger partial charge in [-0.15, -0.1) is 11.8 Å². The number of aromatic nitrogens is 1. The molecule has 0 saturated carbocycles. The third kappa shape index (κ3) is 1.40. The molecule has 1 aromatic heterocycles. The van der Waals surface area contributed by atoms with E-state index in [1.165, 1.54) is 5.56 Å². The van der Waals surface area contributed by atoms with Gasteiger partial charge in [-0.25, -0.2) is 4.98 Å². The molecule has 4 heteroatoms. The zero-order chi connectivity index (χ0) is 7.84. The second-order valence-corrected chi connectivity index (χ2v) is 4.55. The highest BCUT2D eigenvalue weighted by Crippen LogP contribution is 2.34. The van der Waals surface area contributed by atoms with Crippen LogP contribution in [0.3, 0.4) is 0 Å². The van der Waals surface area contributed by atoms with Gasteiger partial charge in [-0.2, -0.15) is 0 Å². The highest BCUT2D eigenvalue weighted by molar-refractivity contribution is 8.01. The first kappa shape index (κ1) is 7.50. The van der Waals surface area contributed by atoms with E-state index in [1.54, 1.807) is 0 Å². The molecule has 0 fully saturated rings. The number of nitrogens with zero attached hydrogens (tertiary/aromatic N) is 1. The van der Waals surface area contributed by atoms with Crippen LogP contribution in [0.15, 0.2) is 17.2 Å². The molecular weight excluding hydrogens is 176 g/mol. The van der Waals surface area contributed by atoms with Gasteiger partial charge in [-0.05, 0) is 23.2 Å². The lowest BCUT2D eigenvalue weighted by atomic mass is 9.98. The van der Waals surface area contributed by atoms with E-state index in [1.807, 2.05) is 17.8 Å². The van der Waals surface area contributed by atoms with Gasteiger partial charge in [0.15, 0.2) is 0 Å². The number of pyridine rings is 1. The Labute approximate surface area is 76.0 Å². The van der Waals surface area contributed by atoms with Crippen molar-refractivity contribution in [2.75, 3.05) is 0 Å². The molecule has 1 aromatic rings. The van der Waals surface area contributed by atoms with Gasteiger partial charge in [0.25, 0.3) is 0 Å². The van der Waals surface area contributed by atoms with Crippen LogP contribution in [0, 0.1) is 0 Å². The molecule has 1 nitrogen and oxygen atoms in total. The standard InChI is InChI=1S/C7H7BClNS/c8-5-3-4-1-2-6(9)10-7(4)11-5/h1-2,5H,3,8H2. The average Bonchev–Trinajstić information content (AvgIpc) is 2.27. The molecular formula is C7H7BClNS. The van der Waals surface area contributed by atoms with Gasteiger partial charge in [0.1, 0.15) is 18.0 Å². The Kier molecular flexibility index (Phi) is 1.85. The lowest BCUT2D eigenvalue weighted by molar-refractivity contribution is 1.03. The predicted octanol–water partition coefficient (Wildman–Crippen LogP) is 1.34. The molecule has 0 spiro atoms. The number of fused-ring (bicyclic) bond motifs is 1.